The second kappa shape index (κ2) is 9.44. The number of benzene rings is 2. The molecule has 0 aliphatic carbocycles. The van der Waals surface area contributed by atoms with Gasteiger partial charge in [0.15, 0.2) is 0 Å². The highest BCUT2D eigenvalue weighted by molar-refractivity contribution is 8.46. The smallest absolute Gasteiger partial charge is 0.330 e. The van der Waals surface area contributed by atoms with E-state index in [0.29, 0.717) is 26.2 Å². The number of amides is 2. The minimum atomic E-state index is -2.46. The number of hydrogen-bond acceptors (Lipinski definition) is 6. The summed E-state index contributed by atoms with van der Waals surface area (Å²) in [7, 11) is -2.46. The zero-order valence-electron chi connectivity index (χ0n) is 20.7. The minimum Gasteiger partial charge on any atom is -0.459 e. The van der Waals surface area contributed by atoms with Crippen molar-refractivity contribution >= 4 is 32.8 Å². The fraction of sp³-hybridized carbons (Fsp3) is 0.444. The molecule has 2 amide bonds. The van der Waals surface area contributed by atoms with Gasteiger partial charge in [0.2, 0.25) is 5.91 Å². The first-order valence-corrected chi connectivity index (χ1v) is 14.2. The van der Waals surface area contributed by atoms with Gasteiger partial charge in [0.05, 0.1) is 17.7 Å². The standard InChI is InChI=1S/C27H33N3O5S/c1-27(2)24(25(33)35-18-20-9-5-3-6-10-20)30-22(32)17-23(30)36(27,19-31)26(34)29-15-13-28(14-16-29)21-11-7-4-8-12-21/h3-12,23-24,31H,13-19H2,1-2H3/t23-,24+/m1/s1. The minimum absolute atomic E-state index is 0.0931. The Bertz CT molecular complexity index is 1140. The molecule has 1 unspecified atom stereocenters. The number of para-hydroxylation sites is 1. The lowest BCUT2D eigenvalue weighted by molar-refractivity contribution is -0.162. The molecule has 36 heavy (non-hydrogen) atoms. The maximum Gasteiger partial charge on any atom is 0.330 e. The van der Waals surface area contributed by atoms with Gasteiger partial charge in [-0.1, -0.05) is 48.5 Å². The Kier molecular flexibility index (Phi) is 6.46. The lowest BCUT2D eigenvalue weighted by atomic mass is 9.98. The van der Waals surface area contributed by atoms with Crippen LogP contribution in [0.1, 0.15) is 25.8 Å². The van der Waals surface area contributed by atoms with E-state index < -0.39 is 32.2 Å². The van der Waals surface area contributed by atoms with Crippen molar-refractivity contribution < 1.29 is 24.2 Å². The van der Waals surface area contributed by atoms with Gasteiger partial charge in [-0.25, -0.2) is 4.79 Å². The molecule has 9 heteroatoms. The summed E-state index contributed by atoms with van der Waals surface area (Å²) in [6, 6.07) is 18.6. The molecule has 2 aromatic carbocycles. The zero-order chi connectivity index (χ0) is 25.5. The van der Waals surface area contributed by atoms with Crippen LogP contribution in [0.4, 0.5) is 10.5 Å². The molecule has 0 radical (unpaired) electrons. The molecule has 3 saturated heterocycles. The fourth-order valence-corrected chi connectivity index (χ4v) is 10.1. The molecule has 8 nitrogen and oxygen atoms in total. The number of carbonyl (C=O) groups is 3. The fourth-order valence-electron chi connectivity index (χ4n) is 5.80. The molecular formula is C27H33N3O5S. The topological polar surface area (TPSA) is 90.4 Å². The van der Waals surface area contributed by atoms with Gasteiger partial charge in [-0.15, -0.1) is 10.0 Å². The van der Waals surface area contributed by atoms with Crippen LogP contribution in [0.25, 0.3) is 0 Å². The summed E-state index contributed by atoms with van der Waals surface area (Å²) in [5.41, 5.74) is 1.97. The molecule has 5 rings (SSSR count). The maximum atomic E-state index is 14.2. The van der Waals surface area contributed by atoms with Crippen molar-refractivity contribution in [1.82, 2.24) is 9.80 Å². The average molecular weight is 512 g/mol. The number of anilines is 1. The first-order valence-electron chi connectivity index (χ1n) is 12.3. The third-order valence-electron chi connectivity index (χ3n) is 7.91. The molecule has 0 aromatic heterocycles. The van der Waals surface area contributed by atoms with Gasteiger partial charge in [0.25, 0.3) is 5.24 Å². The Morgan fingerprint density at radius 2 is 1.61 bits per heavy atom. The van der Waals surface area contributed by atoms with Crippen LogP contribution in [0, 0.1) is 0 Å². The number of hydrogen-bond donors (Lipinski definition) is 1. The summed E-state index contributed by atoms with van der Waals surface area (Å²) in [6.07, 6.45) is 0.178. The van der Waals surface area contributed by atoms with E-state index in [-0.39, 0.29) is 30.1 Å². The molecule has 0 bridgehead atoms. The molecule has 3 heterocycles. The van der Waals surface area contributed by atoms with Gasteiger partial charge in [0, 0.05) is 36.6 Å². The van der Waals surface area contributed by atoms with Gasteiger partial charge in [-0.05, 0) is 31.5 Å². The monoisotopic (exact) mass is 511 g/mol. The summed E-state index contributed by atoms with van der Waals surface area (Å²) >= 11 is 0. The first-order chi connectivity index (χ1) is 17.3. The molecule has 0 spiro atoms. The summed E-state index contributed by atoms with van der Waals surface area (Å²) in [5, 5.41) is 10.2. The Hall–Kier alpha value is -3.04. The van der Waals surface area contributed by atoms with Gasteiger partial charge in [-0.3, -0.25) is 9.59 Å². The largest absolute Gasteiger partial charge is 0.459 e. The number of nitrogens with zero attached hydrogens (tertiary/aromatic N) is 3. The number of rotatable bonds is 5. The summed E-state index contributed by atoms with van der Waals surface area (Å²) in [5.74, 6) is -1.04. The average Bonchev–Trinajstić information content (AvgIpc) is 3.07. The number of aliphatic hydroxyl groups is 1. The second-order valence-corrected chi connectivity index (χ2v) is 13.8. The van der Waals surface area contributed by atoms with Crippen molar-refractivity contribution in [3.63, 3.8) is 0 Å². The van der Waals surface area contributed by atoms with E-state index in [9.17, 15) is 19.5 Å². The van der Waals surface area contributed by atoms with Crippen molar-refractivity contribution in [1.29, 1.82) is 0 Å². The molecule has 2 aromatic rings. The van der Waals surface area contributed by atoms with Crippen LogP contribution < -0.4 is 4.90 Å². The van der Waals surface area contributed by atoms with Gasteiger partial charge >= 0.3 is 5.97 Å². The van der Waals surface area contributed by atoms with Crippen molar-refractivity contribution in [2.24, 2.45) is 0 Å². The van der Waals surface area contributed by atoms with E-state index in [1.165, 1.54) is 4.90 Å². The third kappa shape index (κ3) is 3.76. The summed E-state index contributed by atoms with van der Waals surface area (Å²) in [6.45, 7) is 6.22. The maximum absolute atomic E-state index is 14.2. The van der Waals surface area contributed by atoms with E-state index in [1.54, 1.807) is 0 Å². The van der Waals surface area contributed by atoms with Crippen LogP contribution in [0.5, 0.6) is 0 Å². The summed E-state index contributed by atoms with van der Waals surface area (Å²) in [4.78, 5) is 45.8. The molecule has 3 aliphatic heterocycles. The number of esters is 1. The van der Waals surface area contributed by atoms with E-state index in [4.69, 9.17) is 4.74 Å². The number of β-lactam (4-membered cyclic amide) rings is 1. The normalized spacial score (nSPS) is 28.6. The molecule has 0 saturated carbocycles. The van der Waals surface area contributed by atoms with Crippen LogP contribution in [-0.4, -0.2) is 80.3 Å². The Labute approximate surface area is 213 Å². The number of fused-ring (bicyclic) bond motifs is 1. The molecule has 3 aliphatic rings. The SMILES string of the molecule is CC1(C)[C@H](C(=O)OCc2ccccc2)N2C(=O)C[C@H]2S1(CO)C(=O)N1CCN(c2ccccc2)CC1. The van der Waals surface area contributed by atoms with E-state index in [1.807, 2.05) is 67.3 Å². The molecular weight excluding hydrogens is 478 g/mol. The molecule has 192 valence electrons. The predicted octanol–water partition coefficient (Wildman–Crippen LogP) is 3.15. The van der Waals surface area contributed by atoms with Crippen molar-refractivity contribution in [2.45, 2.75) is 43.0 Å². The third-order valence-corrected chi connectivity index (χ3v) is 12.6. The Balaban J connectivity index is 1.36. The molecule has 3 fully saturated rings. The van der Waals surface area contributed by atoms with Crippen LogP contribution in [0.3, 0.4) is 0 Å². The number of carbonyl (C=O) groups excluding carboxylic acids is 3. The van der Waals surface area contributed by atoms with Crippen molar-refractivity contribution in [3.05, 3.63) is 66.2 Å². The Morgan fingerprint density at radius 1 is 1.00 bits per heavy atom. The van der Waals surface area contributed by atoms with Crippen LogP contribution >= 0.6 is 10.0 Å². The lowest BCUT2D eigenvalue weighted by Gasteiger charge is -2.52. The van der Waals surface area contributed by atoms with Crippen molar-refractivity contribution in [3.8, 4) is 0 Å². The molecule has 1 N–H and O–H groups in total. The quantitative estimate of drug-likeness (QED) is 0.490. The van der Waals surface area contributed by atoms with Crippen LogP contribution in [0.15, 0.2) is 60.7 Å². The van der Waals surface area contributed by atoms with E-state index in [0.717, 1.165) is 11.3 Å². The first kappa shape index (κ1) is 24.6. The van der Waals surface area contributed by atoms with Gasteiger partial charge < -0.3 is 24.5 Å². The number of piperazine rings is 1. The number of ether oxygens (including phenoxy) is 1. The second-order valence-electron chi connectivity index (χ2n) is 10.1. The lowest BCUT2D eigenvalue weighted by Crippen LogP contribution is -2.57. The van der Waals surface area contributed by atoms with E-state index >= 15 is 0 Å². The summed E-state index contributed by atoms with van der Waals surface area (Å²) < 4.78 is 4.71. The van der Waals surface area contributed by atoms with Crippen LogP contribution in [-0.2, 0) is 20.9 Å². The zero-order valence-corrected chi connectivity index (χ0v) is 21.5. The Morgan fingerprint density at radius 3 is 2.19 bits per heavy atom. The van der Waals surface area contributed by atoms with E-state index in [2.05, 4.69) is 17.0 Å². The van der Waals surface area contributed by atoms with Gasteiger partial charge in [0.1, 0.15) is 12.6 Å². The predicted molar refractivity (Wildman–Crippen MR) is 140 cm³/mol. The highest BCUT2D eigenvalue weighted by atomic mass is 32.3. The molecule has 3 atom stereocenters. The van der Waals surface area contributed by atoms with Crippen molar-refractivity contribution in [2.75, 3.05) is 37.0 Å². The van der Waals surface area contributed by atoms with Crippen LogP contribution in [0.2, 0.25) is 0 Å². The number of aliphatic hydroxyl groups excluding tert-OH is 1. The highest BCUT2D eigenvalue weighted by Gasteiger charge is 2.72. The van der Waals surface area contributed by atoms with Gasteiger partial charge in [-0.2, -0.15) is 0 Å². The highest BCUT2D eigenvalue weighted by Crippen LogP contribution is 2.74.